The first kappa shape index (κ1) is 17.2. The van der Waals surface area contributed by atoms with Crippen LogP contribution in [0.1, 0.15) is 32.1 Å². The Morgan fingerprint density at radius 1 is 1.00 bits per heavy atom. The lowest BCUT2D eigenvalue weighted by atomic mass is 10.1. The van der Waals surface area contributed by atoms with Gasteiger partial charge in [-0.05, 0) is 61.4 Å². The van der Waals surface area contributed by atoms with Crippen LogP contribution in [0.2, 0.25) is 0 Å². The summed E-state index contributed by atoms with van der Waals surface area (Å²) in [5, 5.41) is 17.5. The maximum absolute atomic E-state index is 12.1. The van der Waals surface area contributed by atoms with E-state index in [-0.39, 0.29) is 11.4 Å². The van der Waals surface area contributed by atoms with Crippen LogP contribution in [-0.2, 0) is 0 Å². The second-order valence-electron chi connectivity index (χ2n) is 5.88. The van der Waals surface area contributed by atoms with Crippen molar-refractivity contribution in [3.63, 3.8) is 0 Å². The molecule has 7 nitrogen and oxygen atoms in total. The number of H-pyrrole nitrogens is 1. The number of carbonyl (C=O) groups excluding carboxylic acids is 1. The molecule has 0 saturated heterocycles. The zero-order valence-corrected chi connectivity index (χ0v) is 14.2. The molecule has 0 unspecified atom stereocenters. The van der Waals surface area contributed by atoms with Crippen LogP contribution in [0.3, 0.4) is 0 Å². The van der Waals surface area contributed by atoms with Crippen molar-refractivity contribution in [1.29, 1.82) is 0 Å². The zero-order valence-electron chi connectivity index (χ0n) is 14.2. The van der Waals surface area contributed by atoms with E-state index in [9.17, 15) is 9.59 Å². The van der Waals surface area contributed by atoms with Crippen molar-refractivity contribution in [2.24, 2.45) is 0 Å². The van der Waals surface area contributed by atoms with Gasteiger partial charge in [-0.1, -0.05) is 6.07 Å². The topological polar surface area (TPSA) is 104 Å². The largest absolute Gasteiger partial charge is 0.477 e. The molecule has 0 bridgehead atoms. The third-order valence-electron chi connectivity index (χ3n) is 3.58. The lowest BCUT2D eigenvalue weighted by Crippen LogP contribution is -2.12. The number of aromatic carboxylic acids is 1. The number of benzene rings is 2. The monoisotopic (exact) mass is 351 g/mol. The van der Waals surface area contributed by atoms with E-state index in [1.54, 1.807) is 24.3 Å². The Morgan fingerprint density at radius 2 is 1.65 bits per heavy atom. The van der Waals surface area contributed by atoms with Gasteiger partial charge in [0.05, 0.1) is 0 Å². The zero-order chi connectivity index (χ0) is 18.7. The van der Waals surface area contributed by atoms with Crippen LogP contribution in [0.25, 0.3) is 0 Å². The fourth-order valence-electron chi connectivity index (χ4n) is 2.48. The Morgan fingerprint density at radius 3 is 2.23 bits per heavy atom. The molecule has 26 heavy (non-hydrogen) atoms. The minimum Gasteiger partial charge on any atom is -0.477 e. The summed E-state index contributed by atoms with van der Waals surface area (Å²) in [7, 11) is 0. The number of nitrogens with zero attached hydrogens (tertiary/aromatic N) is 1. The third kappa shape index (κ3) is 4.07. The first-order valence-corrected chi connectivity index (χ1v) is 7.87. The number of carboxylic acid groups (broad SMARTS) is 1. The molecule has 0 spiro atoms. The fraction of sp³-hybridized carbons (Fsp3) is 0.105. The predicted molar refractivity (Wildman–Crippen MR) is 95.9 cm³/mol. The van der Waals surface area contributed by atoms with Crippen LogP contribution in [0, 0.1) is 13.8 Å². The number of nitrogens with one attached hydrogen (secondary N) is 2. The van der Waals surface area contributed by atoms with Crippen LogP contribution in [0.15, 0.2) is 48.5 Å². The average Bonchev–Trinajstić information content (AvgIpc) is 3.06. The first-order valence-electron chi connectivity index (χ1n) is 7.87. The van der Waals surface area contributed by atoms with Gasteiger partial charge in [0.15, 0.2) is 5.69 Å². The summed E-state index contributed by atoms with van der Waals surface area (Å²) in [6.45, 7) is 4.01. The van der Waals surface area contributed by atoms with E-state index < -0.39 is 11.9 Å². The van der Waals surface area contributed by atoms with Crippen LogP contribution >= 0.6 is 0 Å². The van der Waals surface area contributed by atoms with Crippen molar-refractivity contribution < 1.29 is 19.4 Å². The second kappa shape index (κ2) is 7.10. The van der Waals surface area contributed by atoms with Gasteiger partial charge < -0.3 is 15.2 Å². The van der Waals surface area contributed by atoms with Crippen LogP contribution in [0.5, 0.6) is 11.5 Å². The fourth-order valence-corrected chi connectivity index (χ4v) is 2.48. The summed E-state index contributed by atoms with van der Waals surface area (Å²) in [4.78, 5) is 22.9. The SMILES string of the molecule is Cc1cc(C)cc(Oc2ccc(NC(=O)c3cc(C(=O)O)[nH]n3)cc2)c1. The lowest BCUT2D eigenvalue weighted by Gasteiger charge is -2.09. The first-order chi connectivity index (χ1) is 12.4. The van der Waals surface area contributed by atoms with Crippen molar-refractivity contribution in [1.82, 2.24) is 10.2 Å². The minimum absolute atomic E-state index is 0.00189. The van der Waals surface area contributed by atoms with Gasteiger partial charge in [0.2, 0.25) is 0 Å². The molecule has 2 aromatic carbocycles. The molecule has 0 aliphatic heterocycles. The Bertz CT molecular complexity index is 941. The summed E-state index contributed by atoms with van der Waals surface area (Å²) in [5.74, 6) is -0.292. The number of hydrogen-bond acceptors (Lipinski definition) is 4. The molecule has 0 atom stereocenters. The van der Waals surface area contributed by atoms with Gasteiger partial charge >= 0.3 is 5.97 Å². The van der Waals surface area contributed by atoms with Gasteiger partial charge in [0.1, 0.15) is 17.2 Å². The van der Waals surface area contributed by atoms with Crippen molar-refractivity contribution in [2.75, 3.05) is 5.32 Å². The molecule has 0 fully saturated rings. The Labute approximate surface area is 149 Å². The normalized spacial score (nSPS) is 10.4. The van der Waals surface area contributed by atoms with Gasteiger partial charge in [0, 0.05) is 11.8 Å². The number of aryl methyl sites for hydroxylation is 2. The number of ether oxygens (including phenoxy) is 1. The summed E-state index contributed by atoms with van der Waals surface area (Å²) in [6, 6.07) is 14.0. The van der Waals surface area contributed by atoms with E-state index in [0.717, 1.165) is 16.9 Å². The van der Waals surface area contributed by atoms with Crippen LogP contribution in [0.4, 0.5) is 5.69 Å². The molecule has 0 radical (unpaired) electrons. The summed E-state index contributed by atoms with van der Waals surface area (Å²) in [6.07, 6.45) is 0. The highest BCUT2D eigenvalue weighted by Crippen LogP contribution is 2.25. The van der Waals surface area contributed by atoms with Crippen molar-refractivity contribution >= 4 is 17.6 Å². The summed E-state index contributed by atoms with van der Waals surface area (Å²) in [5.41, 5.74) is 2.63. The van der Waals surface area contributed by atoms with Gasteiger partial charge in [-0.15, -0.1) is 0 Å². The summed E-state index contributed by atoms with van der Waals surface area (Å²) >= 11 is 0. The van der Waals surface area contributed by atoms with Gasteiger partial charge in [-0.25, -0.2) is 4.79 Å². The smallest absolute Gasteiger partial charge is 0.353 e. The van der Waals surface area contributed by atoms with E-state index in [4.69, 9.17) is 9.84 Å². The van der Waals surface area contributed by atoms with E-state index in [1.807, 2.05) is 26.0 Å². The van der Waals surface area contributed by atoms with Crippen molar-refractivity contribution in [3.05, 3.63) is 71.0 Å². The highest BCUT2D eigenvalue weighted by atomic mass is 16.5. The predicted octanol–water partition coefficient (Wildman–Crippen LogP) is 3.77. The van der Waals surface area contributed by atoms with Gasteiger partial charge in [-0.2, -0.15) is 5.10 Å². The number of rotatable bonds is 5. The van der Waals surface area contributed by atoms with E-state index in [2.05, 4.69) is 21.6 Å². The molecular formula is C19H17N3O4. The maximum atomic E-state index is 12.1. The average molecular weight is 351 g/mol. The Balaban J connectivity index is 1.67. The maximum Gasteiger partial charge on any atom is 0.353 e. The second-order valence-corrected chi connectivity index (χ2v) is 5.88. The minimum atomic E-state index is -1.18. The number of aromatic nitrogens is 2. The molecule has 1 amide bonds. The molecule has 132 valence electrons. The molecular weight excluding hydrogens is 334 g/mol. The van der Waals surface area contributed by atoms with Gasteiger partial charge in [0.25, 0.3) is 5.91 Å². The molecule has 1 heterocycles. The standard InChI is InChI=1S/C19H17N3O4/c1-11-7-12(2)9-15(8-11)26-14-5-3-13(4-6-14)20-18(23)16-10-17(19(24)25)22-21-16/h3-10H,1-2H3,(H,20,23)(H,21,22)(H,24,25). The highest BCUT2D eigenvalue weighted by molar-refractivity contribution is 6.04. The highest BCUT2D eigenvalue weighted by Gasteiger charge is 2.14. The molecule has 0 aliphatic rings. The van der Waals surface area contributed by atoms with E-state index in [0.29, 0.717) is 11.4 Å². The number of hydrogen-bond donors (Lipinski definition) is 3. The number of amides is 1. The number of aromatic amines is 1. The molecule has 7 heteroatoms. The number of carbonyl (C=O) groups is 2. The number of anilines is 1. The Hall–Kier alpha value is -3.61. The molecule has 0 aliphatic carbocycles. The van der Waals surface area contributed by atoms with Crippen molar-refractivity contribution in [2.45, 2.75) is 13.8 Å². The van der Waals surface area contributed by atoms with Crippen LogP contribution < -0.4 is 10.1 Å². The van der Waals surface area contributed by atoms with E-state index in [1.165, 1.54) is 6.07 Å². The third-order valence-corrected chi connectivity index (χ3v) is 3.58. The molecule has 1 aromatic heterocycles. The van der Waals surface area contributed by atoms with E-state index >= 15 is 0 Å². The lowest BCUT2D eigenvalue weighted by molar-refractivity contribution is 0.0690. The summed E-state index contributed by atoms with van der Waals surface area (Å²) < 4.78 is 5.82. The van der Waals surface area contributed by atoms with Gasteiger partial charge in [-0.3, -0.25) is 9.89 Å². The molecule has 3 rings (SSSR count). The molecule has 3 N–H and O–H groups in total. The number of carboxylic acids is 1. The van der Waals surface area contributed by atoms with Crippen molar-refractivity contribution in [3.8, 4) is 11.5 Å². The Kier molecular flexibility index (Phi) is 4.70. The molecule has 3 aromatic rings. The quantitative estimate of drug-likeness (QED) is 0.649. The van der Waals surface area contributed by atoms with Crippen LogP contribution in [-0.4, -0.2) is 27.2 Å². The molecule has 0 saturated carbocycles.